The van der Waals surface area contributed by atoms with E-state index < -0.39 is 10.0 Å². The third kappa shape index (κ3) is 3.61. The molecule has 1 aliphatic rings. The highest BCUT2D eigenvalue weighted by molar-refractivity contribution is 7.91. The van der Waals surface area contributed by atoms with E-state index in [-0.39, 0.29) is 6.04 Å². The predicted octanol–water partition coefficient (Wildman–Crippen LogP) is 2.46. The van der Waals surface area contributed by atoms with Crippen LogP contribution in [0.1, 0.15) is 37.0 Å². The normalized spacial score (nSPS) is 17.8. The van der Waals surface area contributed by atoms with Gasteiger partial charge in [-0.15, -0.1) is 11.3 Å². The van der Waals surface area contributed by atoms with Gasteiger partial charge in [-0.05, 0) is 45.0 Å². The standard InChI is InChI=1S/C14H24N2O2S2/c1-15-11-10-13-8-9-14(19-13)20(17,18)16(2)12-6-4-3-5-7-12/h8-9,12,15H,3-7,10-11H2,1-2H3. The Morgan fingerprint density at radius 2 is 2.00 bits per heavy atom. The molecule has 1 saturated carbocycles. The van der Waals surface area contributed by atoms with Gasteiger partial charge in [0, 0.05) is 18.0 Å². The summed E-state index contributed by atoms with van der Waals surface area (Å²) in [7, 11) is 0.328. The molecule has 1 heterocycles. The van der Waals surface area contributed by atoms with Gasteiger partial charge in [0.1, 0.15) is 4.21 Å². The van der Waals surface area contributed by atoms with Crippen molar-refractivity contribution >= 4 is 21.4 Å². The first-order valence-electron chi connectivity index (χ1n) is 7.27. The molecule has 0 amide bonds. The van der Waals surface area contributed by atoms with Crippen LogP contribution in [0.25, 0.3) is 0 Å². The Labute approximate surface area is 126 Å². The molecule has 0 aliphatic heterocycles. The molecule has 1 aliphatic carbocycles. The number of rotatable bonds is 6. The van der Waals surface area contributed by atoms with E-state index in [0.29, 0.717) is 4.21 Å². The SMILES string of the molecule is CNCCc1ccc(S(=O)(=O)N(C)C2CCCCC2)s1. The first kappa shape index (κ1) is 15.9. The molecule has 0 saturated heterocycles. The first-order valence-corrected chi connectivity index (χ1v) is 9.52. The van der Waals surface area contributed by atoms with E-state index >= 15 is 0 Å². The molecule has 0 radical (unpaired) electrons. The van der Waals surface area contributed by atoms with Crippen LogP contribution in [-0.4, -0.2) is 39.4 Å². The third-order valence-corrected chi connectivity index (χ3v) is 7.50. The highest BCUT2D eigenvalue weighted by atomic mass is 32.2. The quantitative estimate of drug-likeness (QED) is 0.877. The molecule has 6 heteroatoms. The molecule has 1 aromatic rings. The van der Waals surface area contributed by atoms with Crippen molar-refractivity contribution in [3.05, 3.63) is 17.0 Å². The number of nitrogens with zero attached hydrogens (tertiary/aromatic N) is 1. The van der Waals surface area contributed by atoms with E-state index in [1.165, 1.54) is 17.8 Å². The Hall–Kier alpha value is -0.430. The molecule has 1 N–H and O–H groups in total. The fraction of sp³-hybridized carbons (Fsp3) is 0.714. The Morgan fingerprint density at radius 3 is 2.65 bits per heavy atom. The monoisotopic (exact) mass is 316 g/mol. The Bertz CT molecular complexity index is 519. The third-order valence-electron chi connectivity index (χ3n) is 3.98. The second kappa shape index (κ2) is 7.02. The van der Waals surface area contributed by atoms with Crippen LogP contribution >= 0.6 is 11.3 Å². The van der Waals surface area contributed by atoms with Crippen molar-refractivity contribution in [2.75, 3.05) is 20.6 Å². The average Bonchev–Trinajstić information content (AvgIpc) is 2.94. The zero-order valence-electron chi connectivity index (χ0n) is 12.3. The van der Waals surface area contributed by atoms with Crippen LogP contribution in [0.3, 0.4) is 0 Å². The van der Waals surface area contributed by atoms with Gasteiger partial charge in [-0.3, -0.25) is 0 Å². The fourth-order valence-corrected chi connectivity index (χ4v) is 5.62. The van der Waals surface area contributed by atoms with Gasteiger partial charge in [0.15, 0.2) is 0 Å². The van der Waals surface area contributed by atoms with Gasteiger partial charge >= 0.3 is 0 Å². The lowest BCUT2D eigenvalue weighted by Gasteiger charge is -2.29. The number of thiophene rings is 1. The van der Waals surface area contributed by atoms with Crippen LogP contribution < -0.4 is 5.32 Å². The van der Waals surface area contributed by atoms with E-state index in [1.807, 2.05) is 13.1 Å². The van der Waals surface area contributed by atoms with Gasteiger partial charge in [-0.2, -0.15) is 4.31 Å². The van der Waals surface area contributed by atoms with Crippen molar-refractivity contribution < 1.29 is 8.42 Å². The molecule has 0 bridgehead atoms. The minimum Gasteiger partial charge on any atom is -0.319 e. The van der Waals surface area contributed by atoms with E-state index in [0.717, 1.165) is 43.5 Å². The summed E-state index contributed by atoms with van der Waals surface area (Å²) in [6, 6.07) is 3.87. The van der Waals surface area contributed by atoms with Gasteiger partial charge in [0.2, 0.25) is 0 Å². The average molecular weight is 316 g/mol. The summed E-state index contributed by atoms with van der Waals surface area (Å²) in [6.07, 6.45) is 6.38. The second-order valence-electron chi connectivity index (χ2n) is 5.39. The van der Waals surface area contributed by atoms with Crippen molar-refractivity contribution in [1.29, 1.82) is 0 Å². The number of hydrogen-bond acceptors (Lipinski definition) is 4. The molecule has 1 fully saturated rings. The lowest BCUT2D eigenvalue weighted by atomic mass is 9.96. The number of sulfonamides is 1. The molecule has 0 atom stereocenters. The van der Waals surface area contributed by atoms with Gasteiger partial charge < -0.3 is 5.32 Å². The van der Waals surface area contributed by atoms with Crippen molar-refractivity contribution in [3.8, 4) is 0 Å². The zero-order valence-corrected chi connectivity index (χ0v) is 13.9. The van der Waals surface area contributed by atoms with Gasteiger partial charge in [0.25, 0.3) is 10.0 Å². The molecule has 2 rings (SSSR count). The number of nitrogens with one attached hydrogen (secondary N) is 1. The van der Waals surface area contributed by atoms with E-state index in [9.17, 15) is 8.42 Å². The zero-order chi connectivity index (χ0) is 14.6. The summed E-state index contributed by atoms with van der Waals surface area (Å²) in [5.74, 6) is 0. The topological polar surface area (TPSA) is 49.4 Å². The molecule has 0 spiro atoms. The van der Waals surface area contributed by atoms with Crippen LogP contribution in [0.4, 0.5) is 0 Å². The van der Waals surface area contributed by atoms with Gasteiger partial charge in [-0.1, -0.05) is 19.3 Å². The number of hydrogen-bond donors (Lipinski definition) is 1. The smallest absolute Gasteiger partial charge is 0.252 e. The molecule has 1 aromatic heterocycles. The summed E-state index contributed by atoms with van der Waals surface area (Å²) in [5, 5.41) is 3.09. The maximum atomic E-state index is 12.6. The molecule has 4 nitrogen and oxygen atoms in total. The highest BCUT2D eigenvalue weighted by Crippen LogP contribution is 2.29. The van der Waals surface area contributed by atoms with E-state index in [1.54, 1.807) is 17.4 Å². The van der Waals surface area contributed by atoms with Crippen molar-refractivity contribution in [3.63, 3.8) is 0 Å². The van der Waals surface area contributed by atoms with Crippen LogP contribution in [0, 0.1) is 0 Å². The first-order chi connectivity index (χ1) is 9.55. The largest absolute Gasteiger partial charge is 0.319 e. The van der Waals surface area contributed by atoms with E-state index in [2.05, 4.69) is 5.32 Å². The lowest BCUT2D eigenvalue weighted by Crippen LogP contribution is -2.37. The minimum absolute atomic E-state index is 0.177. The van der Waals surface area contributed by atoms with E-state index in [4.69, 9.17) is 0 Å². The summed E-state index contributed by atoms with van der Waals surface area (Å²) < 4.78 is 27.4. The lowest BCUT2D eigenvalue weighted by molar-refractivity contribution is 0.286. The Kier molecular flexibility index (Phi) is 5.60. The van der Waals surface area contributed by atoms with Crippen LogP contribution in [0.5, 0.6) is 0 Å². The molecule has 0 unspecified atom stereocenters. The Morgan fingerprint density at radius 1 is 1.30 bits per heavy atom. The summed E-state index contributed by atoms with van der Waals surface area (Å²) >= 11 is 1.40. The highest BCUT2D eigenvalue weighted by Gasteiger charge is 2.29. The minimum atomic E-state index is -3.31. The van der Waals surface area contributed by atoms with Crippen molar-refractivity contribution in [1.82, 2.24) is 9.62 Å². The maximum Gasteiger partial charge on any atom is 0.252 e. The van der Waals surface area contributed by atoms with Crippen LogP contribution in [-0.2, 0) is 16.4 Å². The summed E-state index contributed by atoms with van der Waals surface area (Å²) in [5.41, 5.74) is 0. The molecular formula is C14H24N2O2S2. The Balaban J connectivity index is 2.10. The van der Waals surface area contributed by atoms with Gasteiger partial charge in [0.05, 0.1) is 0 Å². The molecular weight excluding hydrogens is 292 g/mol. The van der Waals surface area contributed by atoms with Gasteiger partial charge in [-0.25, -0.2) is 8.42 Å². The second-order valence-corrected chi connectivity index (χ2v) is 8.78. The molecule has 114 valence electrons. The van der Waals surface area contributed by atoms with Crippen LogP contribution in [0.2, 0.25) is 0 Å². The summed E-state index contributed by atoms with van der Waals surface area (Å²) in [4.78, 5) is 1.12. The van der Waals surface area contributed by atoms with Crippen molar-refractivity contribution in [2.45, 2.75) is 48.8 Å². The van der Waals surface area contributed by atoms with Crippen molar-refractivity contribution in [2.24, 2.45) is 0 Å². The fourth-order valence-electron chi connectivity index (χ4n) is 2.66. The van der Waals surface area contributed by atoms with Crippen LogP contribution in [0.15, 0.2) is 16.3 Å². The molecule has 20 heavy (non-hydrogen) atoms. The molecule has 0 aromatic carbocycles. The maximum absolute atomic E-state index is 12.6. The number of likely N-dealkylation sites (N-methyl/N-ethyl adjacent to an activating group) is 1. The summed E-state index contributed by atoms with van der Waals surface area (Å²) in [6.45, 7) is 0.873. The predicted molar refractivity (Wildman–Crippen MR) is 83.8 cm³/mol.